The van der Waals surface area contributed by atoms with Crippen LogP contribution in [-0.4, -0.2) is 19.7 Å². The number of halogens is 3. The largest absolute Gasteiger partial charge is 0.334 e. The van der Waals surface area contributed by atoms with E-state index >= 15 is 0 Å². The Morgan fingerprint density at radius 2 is 1.81 bits per heavy atom. The standard InChI is InChI=1S/C17H11F3N4OS/c18-11-7-5-10(6-8-11)15-22-14(23-25-15)9-26-17-21-12-3-1-2-4-13(12)24(17)16(19)20/h1-8,16H,9H2. The summed E-state index contributed by atoms with van der Waals surface area (Å²) >= 11 is 1.09. The Morgan fingerprint density at radius 3 is 2.58 bits per heavy atom. The highest BCUT2D eigenvalue weighted by Gasteiger charge is 2.19. The summed E-state index contributed by atoms with van der Waals surface area (Å²) in [6.45, 7) is -2.70. The maximum absolute atomic E-state index is 13.4. The van der Waals surface area contributed by atoms with Gasteiger partial charge in [-0.05, 0) is 36.4 Å². The van der Waals surface area contributed by atoms with Crippen molar-refractivity contribution in [3.8, 4) is 11.5 Å². The quantitative estimate of drug-likeness (QED) is 0.463. The van der Waals surface area contributed by atoms with Crippen molar-refractivity contribution >= 4 is 22.8 Å². The van der Waals surface area contributed by atoms with Gasteiger partial charge in [-0.2, -0.15) is 13.8 Å². The van der Waals surface area contributed by atoms with Crippen LogP contribution in [0.5, 0.6) is 0 Å². The molecule has 0 aliphatic heterocycles. The predicted molar refractivity (Wildman–Crippen MR) is 90.2 cm³/mol. The molecule has 26 heavy (non-hydrogen) atoms. The molecule has 0 spiro atoms. The minimum absolute atomic E-state index is 0.175. The molecule has 2 heterocycles. The monoisotopic (exact) mass is 376 g/mol. The number of imidazole rings is 1. The Bertz CT molecular complexity index is 1050. The maximum atomic E-state index is 13.4. The summed E-state index contributed by atoms with van der Waals surface area (Å²) in [5, 5.41) is 4.01. The zero-order valence-electron chi connectivity index (χ0n) is 13.1. The van der Waals surface area contributed by atoms with E-state index in [2.05, 4.69) is 15.1 Å². The van der Waals surface area contributed by atoms with Crippen molar-refractivity contribution in [2.45, 2.75) is 17.5 Å². The highest BCUT2D eigenvalue weighted by atomic mass is 32.2. The van der Waals surface area contributed by atoms with Gasteiger partial charge in [0.05, 0.1) is 16.8 Å². The number of rotatable bonds is 5. The number of para-hydroxylation sites is 2. The fourth-order valence-electron chi connectivity index (χ4n) is 2.46. The Labute approximate surface area is 149 Å². The molecule has 0 radical (unpaired) electrons. The van der Waals surface area contributed by atoms with Crippen molar-refractivity contribution in [3.05, 3.63) is 60.2 Å². The van der Waals surface area contributed by atoms with E-state index < -0.39 is 6.55 Å². The minimum Gasteiger partial charge on any atom is -0.334 e. The summed E-state index contributed by atoms with van der Waals surface area (Å²) in [5.74, 6) is 0.417. The molecule has 4 rings (SSSR count). The molecule has 0 bridgehead atoms. The Hall–Kier alpha value is -2.81. The molecule has 0 aliphatic carbocycles. The van der Waals surface area contributed by atoms with Crippen LogP contribution in [0.15, 0.2) is 58.2 Å². The van der Waals surface area contributed by atoms with Crippen LogP contribution in [-0.2, 0) is 5.75 Å². The lowest BCUT2D eigenvalue weighted by atomic mass is 10.2. The van der Waals surface area contributed by atoms with Crippen molar-refractivity contribution in [1.29, 1.82) is 0 Å². The predicted octanol–water partition coefficient (Wildman–Crippen LogP) is 4.91. The molecule has 0 atom stereocenters. The van der Waals surface area contributed by atoms with E-state index in [1.807, 2.05) is 0 Å². The van der Waals surface area contributed by atoms with Gasteiger partial charge < -0.3 is 4.52 Å². The number of nitrogens with zero attached hydrogens (tertiary/aromatic N) is 4. The number of hydrogen-bond acceptors (Lipinski definition) is 5. The average Bonchev–Trinajstić information content (AvgIpc) is 3.24. The van der Waals surface area contributed by atoms with E-state index in [0.29, 0.717) is 22.4 Å². The highest BCUT2D eigenvalue weighted by molar-refractivity contribution is 7.98. The van der Waals surface area contributed by atoms with Gasteiger partial charge in [-0.1, -0.05) is 29.1 Å². The number of benzene rings is 2. The van der Waals surface area contributed by atoms with E-state index in [1.165, 1.54) is 24.3 Å². The smallest absolute Gasteiger partial charge is 0.321 e. The molecular formula is C17H11F3N4OS. The molecule has 0 saturated carbocycles. The van der Waals surface area contributed by atoms with Gasteiger partial charge in [-0.15, -0.1) is 0 Å². The number of hydrogen-bond donors (Lipinski definition) is 0. The van der Waals surface area contributed by atoms with Crippen LogP contribution < -0.4 is 0 Å². The van der Waals surface area contributed by atoms with Crippen molar-refractivity contribution in [2.24, 2.45) is 0 Å². The number of fused-ring (bicyclic) bond motifs is 1. The third kappa shape index (κ3) is 3.17. The summed E-state index contributed by atoms with van der Waals surface area (Å²) in [4.78, 5) is 8.45. The minimum atomic E-state index is -2.70. The molecule has 2 aromatic heterocycles. The molecule has 2 aromatic carbocycles. The molecule has 0 saturated heterocycles. The second-order valence-electron chi connectivity index (χ2n) is 5.34. The Morgan fingerprint density at radius 1 is 1.04 bits per heavy atom. The van der Waals surface area contributed by atoms with Crippen molar-refractivity contribution in [1.82, 2.24) is 19.7 Å². The van der Waals surface area contributed by atoms with Gasteiger partial charge in [0.15, 0.2) is 11.0 Å². The van der Waals surface area contributed by atoms with Gasteiger partial charge in [0.2, 0.25) is 0 Å². The SMILES string of the molecule is Fc1ccc(-c2nc(CSc3nc4ccccc4n3C(F)F)no2)cc1. The third-order valence-corrected chi connectivity index (χ3v) is 4.60. The third-order valence-electron chi connectivity index (χ3n) is 3.65. The van der Waals surface area contributed by atoms with Crippen LogP contribution in [0.1, 0.15) is 12.4 Å². The molecule has 0 aliphatic rings. The normalized spacial score (nSPS) is 11.5. The summed E-state index contributed by atoms with van der Waals surface area (Å²) in [6.07, 6.45) is 0. The van der Waals surface area contributed by atoms with Crippen molar-refractivity contribution < 1.29 is 17.7 Å². The molecular weight excluding hydrogens is 365 g/mol. The van der Waals surface area contributed by atoms with Crippen LogP contribution in [0.3, 0.4) is 0 Å². The molecule has 9 heteroatoms. The van der Waals surface area contributed by atoms with Crippen molar-refractivity contribution in [2.75, 3.05) is 0 Å². The van der Waals surface area contributed by atoms with E-state index in [1.54, 1.807) is 24.3 Å². The van der Waals surface area contributed by atoms with E-state index in [9.17, 15) is 13.2 Å². The lowest BCUT2D eigenvalue weighted by molar-refractivity contribution is 0.0656. The zero-order valence-corrected chi connectivity index (χ0v) is 14.0. The number of aromatic nitrogens is 4. The second kappa shape index (κ2) is 6.83. The first-order chi connectivity index (χ1) is 12.6. The topological polar surface area (TPSA) is 56.7 Å². The maximum Gasteiger partial charge on any atom is 0.321 e. The second-order valence-corrected chi connectivity index (χ2v) is 6.28. The van der Waals surface area contributed by atoms with Crippen LogP contribution in [0.2, 0.25) is 0 Å². The van der Waals surface area contributed by atoms with Gasteiger partial charge in [0.1, 0.15) is 5.82 Å². The van der Waals surface area contributed by atoms with Gasteiger partial charge in [0, 0.05) is 5.56 Å². The first-order valence-corrected chi connectivity index (χ1v) is 8.57. The molecule has 0 unspecified atom stereocenters. The van der Waals surface area contributed by atoms with Gasteiger partial charge >= 0.3 is 6.55 Å². The van der Waals surface area contributed by atoms with E-state index in [4.69, 9.17) is 4.52 Å². The fraction of sp³-hybridized carbons (Fsp3) is 0.118. The molecule has 5 nitrogen and oxygen atoms in total. The molecule has 0 fully saturated rings. The lowest BCUT2D eigenvalue weighted by Crippen LogP contribution is -2.00. The summed E-state index contributed by atoms with van der Waals surface area (Å²) in [5.41, 5.74) is 1.44. The van der Waals surface area contributed by atoms with Crippen LogP contribution in [0.25, 0.3) is 22.5 Å². The summed E-state index contributed by atoms with van der Waals surface area (Å²) in [7, 11) is 0. The van der Waals surface area contributed by atoms with E-state index in [0.717, 1.165) is 16.3 Å². The van der Waals surface area contributed by atoms with Gasteiger partial charge in [-0.3, -0.25) is 4.57 Å². The number of alkyl halides is 2. The van der Waals surface area contributed by atoms with Crippen molar-refractivity contribution in [3.63, 3.8) is 0 Å². The van der Waals surface area contributed by atoms with Crippen LogP contribution in [0.4, 0.5) is 13.2 Å². The zero-order chi connectivity index (χ0) is 18.1. The fourth-order valence-corrected chi connectivity index (χ4v) is 3.32. The molecule has 0 amide bonds. The lowest BCUT2D eigenvalue weighted by Gasteiger charge is -2.05. The Balaban J connectivity index is 1.55. The van der Waals surface area contributed by atoms with E-state index in [-0.39, 0.29) is 22.6 Å². The first-order valence-electron chi connectivity index (χ1n) is 7.58. The number of thioether (sulfide) groups is 1. The molecule has 132 valence electrons. The average molecular weight is 376 g/mol. The van der Waals surface area contributed by atoms with Gasteiger partial charge in [0.25, 0.3) is 5.89 Å². The van der Waals surface area contributed by atoms with Crippen LogP contribution >= 0.6 is 11.8 Å². The summed E-state index contributed by atoms with van der Waals surface area (Å²) < 4.78 is 45.8. The molecule has 4 aromatic rings. The Kier molecular flexibility index (Phi) is 4.37. The highest BCUT2D eigenvalue weighted by Crippen LogP contribution is 2.30. The summed E-state index contributed by atoms with van der Waals surface area (Å²) in [6, 6.07) is 12.3. The van der Waals surface area contributed by atoms with Crippen LogP contribution in [0, 0.1) is 5.82 Å². The molecule has 0 N–H and O–H groups in total. The van der Waals surface area contributed by atoms with Gasteiger partial charge in [-0.25, -0.2) is 9.37 Å². The first kappa shape index (κ1) is 16.6.